The molecule has 3 N–H and O–H groups in total. The van der Waals surface area contributed by atoms with Gasteiger partial charge < -0.3 is 10.6 Å². The quantitative estimate of drug-likeness (QED) is 0.449. The monoisotopic (exact) mass is 324 g/mol. The minimum atomic E-state index is -4.02. The van der Waals surface area contributed by atoms with Gasteiger partial charge in [0.05, 0.1) is 11.6 Å². The molecule has 2 aromatic rings. The van der Waals surface area contributed by atoms with Gasteiger partial charge in [0.15, 0.2) is 12.4 Å². The summed E-state index contributed by atoms with van der Waals surface area (Å²) in [4.78, 5) is -0.0666. The second-order valence-corrected chi connectivity index (χ2v) is 6.17. The SMILES string of the molecule is CNCNc1cc[n+](C)cc1.Cc1ccc(S(=O)(=O)O)cc1. The van der Waals surface area contributed by atoms with Crippen molar-refractivity contribution in [3.05, 3.63) is 54.4 Å². The maximum Gasteiger partial charge on any atom is 0.294 e. The van der Waals surface area contributed by atoms with Crippen LogP contribution in [-0.2, 0) is 17.2 Å². The number of nitrogens with one attached hydrogen (secondary N) is 2. The third kappa shape index (κ3) is 6.66. The molecule has 0 unspecified atom stereocenters. The number of nitrogens with zero attached hydrogens (tertiary/aromatic N) is 1. The second-order valence-electron chi connectivity index (χ2n) is 4.75. The molecule has 0 aliphatic carbocycles. The summed E-state index contributed by atoms with van der Waals surface area (Å²) in [5.74, 6) is 0. The Bertz CT molecular complexity index is 668. The number of rotatable bonds is 4. The number of benzene rings is 1. The third-order valence-corrected chi connectivity index (χ3v) is 3.63. The van der Waals surface area contributed by atoms with Crippen LogP contribution in [0.1, 0.15) is 5.56 Å². The van der Waals surface area contributed by atoms with Crippen molar-refractivity contribution in [1.29, 1.82) is 0 Å². The van der Waals surface area contributed by atoms with E-state index < -0.39 is 10.1 Å². The fraction of sp³-hybridized carbons (Fsp3) is 0.267. The predicted octanol–water partition coefficient (Wildman–Crippen LogP) is 1.34. The van der Waals surface area contributed by atoms with E-state index in [9.17, 15) is 8.42 Å². The molecule has 22 heavy (non-hydrogen) atoms. The minimum Gasteiger partial charge on any atom is -0.372 e. The molecule has 1 aromatic heterocycles. The maximum atomic E-state index is 10.5. The van der Waals surface area contributed by atoms with Crippen molar-refractivity contribution in [2.75, 3.05) is 19.0 Å². The van der Waals surface area contributed by atoms with E-state index >= 15 is 0 Å². The smallest absolute Gasteiger partial charge is 0.294 e. The van der Waals surface area contributed by atoms with Crippen LogP contribution in [0.15, 0.2) is 53.7 Å². The van der Waals surface area contributed by atoms with E-state index in [1.165, 1.54) is 12.1 Å². The molecular weight excluding hydrogens is 302 g/mol. The molecule has 0 aliphatic heterocycles. The van der Waals surface area contributed by atoms with Gasteiger partial charge in [0, 0.05) is 17.8 Å². The Morgan fingerprint density at radius 2 is 1.64 bits per heavy atom. The number of hydrogen-bond donors (Lipinski definition) is 3. The molecule has 0 saturated carbocycles. The highest BCUT2D eigenvalue weighted by molar-refractivity contribution is 7.85. The van der Waals surface area contributed by atoms with Gasteiger partial charge in [-0.05, 0) is 26.1 Å². The van der Waals surface area contributed by atoms with Gasteiger partial charge in [-0.25, -0.2) is 4.57 Å². The Morgan fingerprint density at radius 1 is 1.09 bits per heavy atom. The zero-order chi connectivity index (χ0) is 16.6. The molecule has 0 radical (unpaired) electrons. The standard InChI is InChI=1S/C8H13N3.C7H8O3S/c1-9-7-10-8-3-5-11(2)6-4-8;1-6-2-4-7(5-3-6)11(8,9)10/h3-6,9H,7H2,1-2H3;2-5H,1H3,(H,8,9,10)/p+1. The molecule has 2 rings (SSSR count). The summed E-state index contributed by atoms with van der Waals surface area (Å²) in [6, 6.07) is 10.1. The summed E-state index contributed by atoms with van der Waals surface area (Å²) >= 11 is 0. The molecule has 7 heteroatoms. The fourth-order valence-corrected chi connectivity index (χ4v) is 2.00. The largest absolute Gasteiger partial charge is 0.372 e. The van der Waals surface area contributed by atoms with Gasteiger partial charge >= 0.3 is 0 Å². The number of aromatic nitrogens is 1. The summed E-state index contributed by atoms with van der Waals surface area (Å²) in [6.07, 6.45) is 4.02. The van der Waals surface area contributed by atoms with E-state index in [-0.39, 0.29) is 4.90 Å². The number of aryl methyl sites for hydroxylation is 2. The van der Waals surface area contributed by atoms with Crippen molar-refractivity contribution in [3.63, 3.8) is 0 Å². The highest BCUT2D eigenvalue weighted by atomic mass is 32.2. The zero-order valence-electron chi connectivity index (χ0n) is 12.9. The first-order valence-electron chi connectivity index (χ1n) is 6.71. The van der Waals surface area contributed by atoms with Gasteiger partial charge in [0.25, 0.3) is 10.1 Å². The molecule has 0 saturated heterocycles. The van der Waals surface area contributed by atoms with Crippen molar-refractivity contribution >= 4 is 15.8 Å². The summed E-state index contributed by atoms with van der Waals surface area (Å²) in [6.45, 7) is 2.64. The van der Waals surface area contributed by atoms with Crippen LogP contribution in [0, 0.1) is 6.92 Å². The van der Waals surface area contributed by atoms with E-state index in [1.54, 1.807) is 12.1 Å². The molecular formula is C15H22N3O3S+. The Balaban J connectivity index is 0.000000220. The average Bonchev–Trinajstić information content (AvgIpc) is 2.47. The number of hydrogen-bond acceptors (Lipinski definition) is 4. The van der Waals surface area contributed by atoms with Gasteiger partial charge in [0.2, 0.25) is 0 Å². The van der Waals surface area contributed by atoms with Gasteiger partial charge in [-0.3, -0.25) is 4.55 Å². The lowest BCUT2D eigenvalue weighted by Crippen LogP contribution is -2.26. The third-order valence-electron chi connectivity index (χ3n) is 2.77. The average molecular weight is 324 g/mol. The first kappa shape index (κ1) is 18.1. The molecule has 0 aliphatic rings. The lowest BCUT2D eigenvalue weighted by atomic mass is 10.2. The van der Waals surface area contributed by atoms with Crippen molar-refractivity contribution < 1.29 is 17.5 Å². The lowest BCUT2D eigenvalue weighted by Gasteiger charge is -2.02. The van der Waals surface area contributed by atoms with E-state index in [0.717, 1.165) is 17.9 Å². The van der Waals surface area contributed by atoms with Gasteiger partial charge in [-0.2, -0.15) is 8.42 Å². The van der Waals surface area contributed by atoms with E-state index in [4.69, 9.17) is 4.55 Å². The summed E-state index contributed by atoms with van der Waals surface area (Å²) < 4.78 is 31.6. The molecule has 120 valence electrons. The normalized spacial score (nSPS) is 10.5. The Kier molecular flexibility index (Phi) is 6.97. The van der Waals surface area contributed by atoms with Crippen LogP contribution < -0.4 is 15.2 Å². The molecule has 0 amide bonds. The summed E-state index contributed by atoms with van der Waals surface area (Å²) in [5, 5.41) is 6.21. The van der Waals surface area contributed by atoms with E-state index in [0.29, 0.717) is 0 Å². The molecule has 6 nitrogen and oxygen atoms in total. The van der Waals surface area contributed by atoms with Crippen LogP contribution in [0.5, 0.6) is 0 Å². The summed E-state index contributed by atoms with van der Waals surface area (Å²) in [7, 11) is -0.105. The van der Waals surface area contributed by atoms with Crippen LogP contribution in [-0.4, -0.2) is 26.7 Å². The molecule has 1 aromatic carbocycles. The van der Waals surface area contributed by atoms with Crippen molar-refractivity contribution in [1.82, 2.24) is 5.32 Å². The van der Waals surface area contributed by atoms with Crippen LogP contribution in [0.2, 0.25) is 0 Å². The zero-order valence-corrected chi connectivity index (χ0v) is 13.8. The molecule has 0 fully saturated rings. The molecule has 0 atom stereocenters. The van der Waals surface area contributed by atoms with Gasteiger partial charge in [-0.15, -0.1) is 0 Å². The Hall–Kier alpha value is -1.96. The summed E-state index contributed by atoms with van der Waals surface area (Å²) in [5.41, 5.74) is 2.09. The van der Waals surface area contributed by atoms with Crippen molar-refractivity contribution in [2.45, 2.75) is 11.8 Å². The van der Waals surface area contributed by atoms with Crippen molar-refractivity contribution in [3.8, 4) is 0 Å². The topological polar surface area (TPSA) is 82.3 Å². The van der Waals surface area contributed by atoms with Crippen molar-refractivity contribution in [2.24, 2.45) is 7.05 Å². The van der Waals surface area contributed by atoms with Gasteiger partial charge in [0.1, 0.15) is 7.05 Å². The molecule has 0 spiro atoms. The first-order chi connectivity index (χ1) is 10.3. The fourth-order valence-electron chi connectivity index (χ4n) is 1.52. The predicted molar refractivity (Wildman–Crippen MR) is 86.2 cm³/mol. The highest BCUT2D eigenvalue weighted by Gasteiger charge is 2.06. The first-order valence-corrected chi connectivity index (χ1v) is 8.15. The Labute approximate surface area is 131 Å². The van der Waals surface area contributed by atoms with Crippen LogP contribution in [0.3, 0.4) is 0 Å². The molecule has 0 bridgehead atoms. The van der Waals surface area contributed by atoms with E-state index in [1.807, 2.05) is 50.1 Å². The highest BCUT2D eigenvalue weighted by Crippen LogP contribution is 2.08. The van der Waals surface area contributed by atoms with Crippen LogP contribution in [0.4, 0.5) is 5.69 Å². The molecule has 1 heterocycles. The van der Waals surface area contributed by atoms with Crippen LogP contribution >= 0.6 is 0 Å². The Morgan fingerprint density at radius 3 is 2.09 bits per heavy atom. The lowest BCUT2D eigenvalue weighted by molar-refractivity contribution is -0.671. The number of anilines is 1. The second kappa shape index (κ2) is 8.47. The van der Waals surface area contributed by atoms with Crippen LogP contribution in [0.25, 0.3) is 0 Å². The number of pyridine rings is 1. The van der Waals surface area contributed by atoms with Gasteiger partial charge in [-0.1, -0.05) is 17.7 Å². The minimum absolute atomic E-state index is 0.0666. The van der Waals surface area contributed by atoms with E-state index in [2.05, 4.69) is 10.6 Å². The maximum absolute atomic E-state index is 10.5.